The van der Waals surface area contributed by atoms with Crippen LogP contribution in [0.5, 0.6) is 0 Å². The molecule has 2 aliphatic rings. The zero-order valence-electron chi connectivity index (χ0n) is 9.38. The van der Waals surface area contributed by atoms with Crippen LogP contribution in [0.3, 0.4) is 0 Å². The summed E-state index contributed by atoms with van der Waals surface area (Å²) in [7, 11) is 0. The lowest BCUT2D eigenvalue weighted by Gasteiger charge is -2.37. The number of amides is 1. The summed E-state index contributed by atoms with van der Waals surface area (Å²) in [6.07, 6.45) is 3.51. The second-order valence-corrected chi connectivity index (χ2v) is 4.49. The van der Waals surface area contributed by atoms with Crippen molar-refractivity contribution in [3.05, 3.63) is 10.4 Å². The van der Waals surface area contributed by atoms with Gasteiger partial charge in [-0.15, -0.1) is 0 Å². The summed E-state index contributed by atoms with van der Waals surface area (Å²) < 4.78 is 0. The SMILES string of the molecule is [N-]=[N+]=NC1CN(CC(=O)N2CCCCC2)C1. The molecule has 0 unspecified atom stereocenters. The molecular formula is C10H17N5O. The van der Waals surface area contributed by atoms with Crippen molar-refractivity contribution in [2.45, 2.75) is 25.3 Å². The minimum Gasteiger partial charge on any atom is -0.342 e. The maximum absolute atomic E-state index is 11.8. The predicted octanol–water partition coefficient (Wildman–Crippen LogP) is 0.993. The van der Waals surface area contributed by atoms with Crippen LogP contribution >= 0.6 is 0 Å². The molecule has 2 heterocycles. The number of piperidine rings is 1. The Labute approximate surface area is 94.8 Å². The van der Waals surface area contributed by atoms with E-state index in [1.807, 2.05) is 9.80 Å². The lowest BCUT2D eigenvalue weighted by atomic mass is 10.1. The molecular weight excluding hydrogens is 206 g/mol. The number of azide groups is 1. The van der Waals surface area contributed by atoms with Gasteiger partial charge in [-0.1, -0.05) is 5.11 Å². The fraction of sp³-hybridized carbons (Fsp3) is 0.900. The van der Waals surface area contributed by atoms with Crippen LogP contribution in [0.4, 0.5) is 0 Å². The maximum Gasteiger partial charge on any atom is 0.236 e. The fourth-order valence-electron chi connectivity index (χ4n) is 2.25. The van der Waals surface area contributed by atoms with Gasteiger partial charge in [-0.05, 0) is 24.8 Å². The third-order valence-corrected chi connectivity index (χ3v) is 3.22. The molecule has 0 radical (unpaired) electrons. The Kier molecular flexibility index (Phi) is 3.64. The van der Waals surface area contributed by atoms with E-state index in [1.54, 1.807) is 0 Å². The summed E-state index contributed by atoms with van der Waals surface area (Å²) in [6.45, 7) is 3.75. The Bertz CT molecular complexity index is 300. The van der Waals surface area contributed by atoms with Crippen LogP contribution in [0.25, 0.3) is 10.4 Å². The van der Waals surface area contributed by atoms with Crippen LogP contribution in [0.15, 0.2) is 5.11 Å². The van der Waals surface area contributed by atoms with Crippen molar-refractivity contribution in [3.63, 3.8) is 0 Å². The zero-order chi connectivity index (χ0) is 11.4. The van der Waals surface area contributed by atoms with Gasteiger partial charge >= 0.3 is 0 Å². The summed E-state index contributed by atoms with van der Waals surface area (Å²) in [5.74, 6) is 0.221. The van der Waals surface area contributed by atoms with E-state index in [0.717, 1.165) is 39.0 Å². The summed E-state index contributed by atoms with van der Waals surface area (Å²) in [4.78, 5) is 18.6. The number of rotatable bonds is 3. The summed E-state index contributed by atoms with van der Waals surface area (Å²) in [6, 6.07) is 0.0687. The Balaban J connectivity index is 1.70. The van der Waals surface area contributed by atoms with Gasteiger partial charge in [0.2, 0.25) is 5.91 Å². The van der Waals surface area contributed by atoms with E-state index in [-0.39, 0.29) is 11.9 Å². The number of carbonyl (C=O) groups excluding carboxylic acids is 1. The molecule has 0 saturated carbocycles. The molecule has 6 heteroatoms. The molecule has 2 aliphatic heterocycles. The normalized spacial score (nSPS) is 22.4. The van der Waals surface area contributed by atoms with Crippen molar-refractivity contribution in [1.82, 2.24) is 9.80 Å². The first-order valence-corrected chi connectivity index (χ1v) is 5.84. The predicted molar refractivity (Wildman–Crippen MR) is 59.8 cm³/mol. The number of nitrogens with zero attached hydrogens (tertiary/aromatic N) is 5. The van der Waals surface area contributed by atoms with Crippen molar-refractivity contribution >= 4 is 5.91 Å². The van der Waals surface area contributed by atoms with Gasteiger partial charge in [0.05, 0.1) is 12.6 Å². The van der Waals surface area contributed by atoms with E-state index >= 15 is 0 Å². The van der Waals surface area contributed by atoms with Crippen molar-refractivity contribution in [2.75, 3.05) is 32.7 Å². The molecule has 2 saturated heterocycles. The highest BCUT2D eigenvalue weighted by molar-refractivity contribution is 5.78. The van der Waals surface area contributed by atoms with Crippen molar-refractivity contribution < 1.29 is 4.79 Å². The summed E-state index contributed by atoms with van der Waals surface area (Å²) in [5.41, 5.74) is 8.24. The zero-order valence-corrected chi connectivity index (χ0v) is 9.38. The second kappa shape index (κ2) is 5.18. The molecule has 16 heavy (non-hydrogen) atoms. The second-order valence-electron chi connectivity index (χ2n) is 4.49. The quantitative estimate of drug-likeness (QED) is 0.406. The molecule has 2 fully saturated rings. The Morgan fingerprint density at radius 1 is 1.31 bits per heavy atom. The van der Waals surface area contributed by atoms with Gasteiger partial charge in [-0.25, -0.2) is 0 Å². The first kappa shape index (κ1) is 11.2. The van der Waals surface area contributed by atoms with Crippen LogP contribution in [0, 0.1) is 0 Å². The largest absolute Gasteiger partial charge is 0.342 e. The van der Waals surface area contributed by atoms with Gasteiger partial charge in [0, 0.05) is 31.1 Å². The van der Waals surface area contributed by atoms with Gasteiger partial charge in [0.15, 0.2) is 0 Å². The van der Waals surface area contributed by atoms with Gasteiger partial charge in [-0.3, -0.25) is 9.69 Å². The molecule has 6 nitrogen and oxygen atoms in total. The molecule has 0 atom stereocenters. The minimum absolute atomic E-state index is 0.0687. The smallest absolute Gasteiger partial charge is 0.236 e. The molecule has 0 spiro atoms. The average molecular weight is 223 g/mol. The number of hydrogen-bond acceptors (Lipinski definition) is 3. The van der Waals surface area contributed by atoms with Crippen LogP contribution in [0.1, 0.15) is 19.3 Å². The van der Waals surface area contributed by atoms with E-state index in [0.29, 0.717) is 6.54 Å². The maximum atomic E-state index is 11.8. The standard InChI is InChI=1S/C10H17N5O/c11-13-12-9-6-14(7-9)8-10(16)15-4-2-1-3-5-15/h9H,1-8H2. The van der Waals surface area contributed by atoms with E-state index in [2.05, 4.69) is 10.0 Å². The summed E-state index contributed by atoms with van der Waals surface area (Å²) >= 11 is 0. The lowest BCUT2D eigenvalue weighted by molar-refractivity contribution is -0.134. The molecule has 0 aromatic rings. The molecule has 0 N–H and O–H groups in total. The van der Waals surface area contributed by atoms with Crippen LogP contribution in [-0.4, -0.2) is 54.5 Å². The van der Waals surface area contributed by atoms with Gasteiger partial charge < -0.3 is 4.90 Å². The Morgan fingerprint density at radius 3 is 2.62 bits per heavy atom. The van der Waals surface area contributed by atoms with Crippen LogP contribution in [0.2, 0.25) is 0 Å². The van der Waals surface area contributed by atoms with Crippen molar-refractivity contribution in [1.29, 1.82) is 0 Å². The monoisotopic (exact) mass is 223 g/mol. The van der Waals surface area contributed by atoms with Crippen molar-refractivity contribution in [2.24, 2.45) is 5.11 Å². The third kappa shape index (κ3) is 2.65. The van der Waals surface area contributed by atoms with Crippen LogP contribution < -0.4 is 0 Å². The first-order valence-electron chi connectivity index (χ1n) is 5.84. The molecule has 0 aliphatic carbocycles. The van der Waals surface area contributed by atoms with E-state index in [1.165, 1.54) is 6.42 Å². The Morgan fingerprint density at radius 2 is 2.00 bits per heavy atom. The minimum atomic E-state index is 0.0687. The van der Waals surface area contributed by atoms with Gasteiger partial charge in [-0.2, -0.15) is 0 Å². The van der Waals surface area contributed by atoms with Crippen molar-refractivity contribution in [3.8, 4) is 0 Å². The molecule has 0 bridgehead atoms. The molecule has 88 valence electrons. The third-order valence-electron chi connectivity index (χ3n) is 3.22. The van der Waals surface area contributed by atoms with E-state index in [9.17, 15) is 4.79 Å². The van der Waals surface area contributed by atoms with Gasteiger partial charge in [0.25, 0.3) is 0 Å². The number of hydrogen-bond donors (Lipinski definition) is 0. The molecule has 2 rings (SSSR count). The molecule has 0 aromatic carbocycles. The lowest BCUT2D eigenvalue weighted by Crippen LogP contribution is -2.54. The molecule has 0 aromatic heterocycles. The molecule has 1 amide bonds. The van der Waals surface area contributed by atoms with E-state index < -0.39 is 0 Å². The fourth-order valence-corrected chi connectivity index (χ4v) is 2.25. The van der Waals surface area contributed by atoms with Gasteiger partial charge in [0.1, 0.15) is 0 Å². The highest BCUT2D eigenvalue weighted by atomic mass is 16.2. The summed E-state index contributed by atoms with van der Waals surface area (Å²) in [5, 5.41) is 3.61. The highest BCUT2D eigenvalue weighted by Gasteiger charge is 2.28. The number of carbonyl (C=O) groups is 1. The van der Waals surface area contributed by atoms with E-state index in [4.69, 9.17) is 5.53 Å². The highest BCUT2D eigenvalue weighted by Crippen LogP contribution is 2.13. The Hall–Kier alpha value is -1.26. The average Bonchev–Trinajstić information content (AvgIpc) is 2.27. The first-order chi connectivity index (χ1) is 7.79. The number of likely N-dealkylation sites (tertiary alicyclic amines) is 2. The van der Waals surface area contributed by atoms with Crippen LogP contribution in [-0.2, 0) is 4.79 Å². The topological polar surface area (TPSA) is 72.3 Å².